The second-order valence-electron chi connectivity index (χ2n) is 7.93. The molecular formula is C25H26ClN3O2. The van der Waals surface area contributed by atoms with Crippen molar-refractivity contribution >= 4 is 23.3 Å². The molecule has 0 unspecified atom stereocenters. The van der Waals surface area contributed by atoms with E-state index in [1.165, 1.54) is 5.56 Å². The summed E-state index contributed by atoms with van der Waals surface area (Å²) in [5.74, 6) is -0.479. The highest BCUT2D eigenvalue weighted by atomic mass is 35.5. The fourth-order valence-corrected chi connectivity index (χ4v) is 4.45. The molecule has 31 heavy (non-hydrogen) atoms. The molecule has 0 bridgehead atoms. The SMILES string of the molecule is O=C(O)Cc1ccc(Cl)c(CCN[C@H](c2ccccc2)[C@H]2CNc3cccnc3C2)c1. The molecule has 6 heteroatoms. The Hall–Kier alpha value is -2.89. The minimum atomic E-state index is -0.839. The fourth-order valence-electron chi connectivity index (χ4n) is 4.24. The van der Waals surface area contributed by atoms with Crippen LogP contribution in [0.15, 0.2) is 66.9 Å². The molecule has 0 saturated carbocycles. The van der Waals surface area contributed by atoms with Crippen LogP contribution in [-0.4, -0.2) is 29.1 Å². The molecule has 160 valence electrons. The zero-order chi connectivity index (χ0) is 21.6. The van der Waals surface area contributed by atoms with Crippen LogP contribution in [0.2, 0.25) is 5.02 Å². The van der Waals surface area contributed by atoms with Crippen molar-refractivity contribution in [3.63, 3.8) is 0 Å². The number of fused-ring (bicyclic) bond motifs is 1. The van der Waals surface area contributed by atoms with Gasteiger partial charge in [-0.1, -0.05) is 54.1 Å². The molecule has 3 aromatic rings. The molecular weight excluding hydrogens is 410 g/mol. The standard InChI is InChI=1S/C25H26ClN3O2/c26-21-9-8-17(14-24(30)31)13-19(21)10-12-28-25(18-5-2-1-3-6-18)20-15-23-22(29-16-20)7-4-11-27-23/h1-9,11,13,20,25,28-29H,10,12,14-16H2,(H,30,31)/t20-,25-/m1/s1. The minimum Gasteiger partial charge on any atom is -0.481 e. The first-order chi connectivity index (χ1) is 15.1. The van der Waals surface area contributed by atoms with Crippen LogP contribution in [0.25, 0.3) is 0 Å². The number of hydrogen-bond acceptors (Lipinski definition) is 4. The molecule has 0 aliphatic carbocycles. The Balaban J connectivity index is 1.47. The molecule has 0 radical (unpaired) electrons. The van der Waals surface area contributed by atoms with E-state index in [1.54, 1.807) is 12.1 Å². The van der Waals surface area contributed by atoms with Crippen LogP contribution in [-0.2, 0) is 24.1 Å². The van der Waals surface area contributed by atoms with Gasteiger partial charge in [0.25, 0.3) is 0 Å². The first-order valence-electron chi connectivity index (χ1n) is 10.6. The third kappa shape index (κ3) is 5.43. The topological polar surface area (TPSA) is 74.2 Å². The number of halogens is 1. The maximum atomic E-state index is 11.0. The highest BCUT2D eigenvalue weighted by molar-refractivity contribution is 6.31. The molecule has 0 fully saturated rings. The van der Waals surface area contributed by atoms with Gasteiger partial charge in [-0.15, -0.1) is 0 Å². The molecule has 4 rings (SSSR count). The Bertz CT molecular complexity index is 1040. The molecule has 5 nitrogen and oxygen atoms in total. The summed E-state index contributed by atoms with van der Waals surface area (Å²) in [6, 6.07) is 20.2. The second-order valence-corrected chi connectivity index (χ2v) is 8.34. The molecule has 0 amide bonds. The van der Waals surface area contributed by atoms with E-state index >= 15 is 0 Å². The third-order valence-corrected chi connectivity index (χ3v) is 6.12. The van der Waals surface area contributed by atoms with Crippen LogP contribution in [0.5, 0.6) is 0 Å². The number of carboxylic acids is 1. The van der Waals surface area contributed by atoms with Gasteiger partial charge in [-0.25, -0.2) is 0 Å². The number of hydrogen-bond donors (Lipinski definition) is 3. The lowest BCUT2D eigenvalue weighted by Crippen LogP contribution is -2.37. The summed E-state index contributed by atoms with van der Waals surface area (Å²) in [5.41, 5.74) is 5.21. The molecule has 2 aromatic carbocycles. The Morgan fingerprint density at radius 3 is 2.84 bits per heavy atom. The Labute approximate surface area is 187 Å². The largest absolute Gasteiger partial charge is 0.481 e. The summed E-state index contributed by atoms with van der Waals surface area (Å²) in [6.45, 7) is 1.61. The summed E-state index contributed by atoms with van der Waals surface area (Å²) < 4.78 is 0. The average Bonchev–Trinajstić information content (AvgIpc) is 2.78. The normalized spacial score (nSPS) is 16.2. The van der Waals surface area contributed by atoms with Gasteiger partial charge in [-0.3, -0.25) is 9.78 Å². The van der Waals surface area contributed by atoms with Crippen molar-refractivity contribution in [3.05, 3.63) is 94.3 Å². The van der Waals surface area contributed by atoms with Crippen LogP contribution in [0.1, 0.15) is 28.4 Å². The number of benzene rings is 2. The van der Waals surface area contributed by atoms with E-state index in [9.17, 15) is 4.79 Å². The molecule has 2 atom stereocenters. The van der Waals surface area contributed by atoms with E-state index in [2.05, 4.69) is 45.9 Å². The van der Waals surface area contributed by atoms with Crippen LogP contribution in [0.3, 0.4) is 0 Å². The Morgan fingerprint density at radius 2 is 2.03 bits per heavy atom. The number of rotatable bonds is 8. The van der Waals surface area contributed by atoms with Gasteiger partial charge < -0.3 is 15.7 Å². The van der Waals surface area contributed by atoms with Gasteiger partial charge in [-0.05, 0) is 54.3 Å². The number of nitrogens with zero attached hydrogens (tertiary/aromatic N) is 1. The lowest BCUT2D eigenvalue weighted by Gasteiger charge is -2.33. The zero-order valence-corrected chi connectivity index (χ0v) is 18.0. The van der Waals surface area contributed by atoms with E-state index in [0.717, 1.165) is 48.4 Å². The third-order valence-electron chi connectivity index (χ3n) is 5.75. The highest BCUT2D eigenvalue weighted by Gasteiger charge is 2.27. The number of aromatic nitrogens is 1. The molecule has 1 aliphatic rings. The molecule has 0 saturated heterocycles. The summed E-state index contributed by atoms with van der Waals surface area (Å²) in [4.78, 5) is 15.6. The zero-order valence-electron chi connectivity index (χ0n) is 17.2. The number of carbonyl (C=O) groups is 1. The van der Waals surface area contributed by atoms with Gasteiger partial charge in [0.15, 0.2) is 0 Å². The second kappa shape index (κ2) is 9.94. The van der Waals surface area contributed by atoms with Crippen LogP contribution < -0.4 is 10.6 Å². The number of pyridine rings is 1. The smallest absolute Gasteiger partial charge is 0.307 e. The number of carboxylic acid groups (broad SMARTS) is 1. The monoisotopic (exact) mass is 435 g/mol. The van der Waals surface area contributed by atoms with Crippen molar-refractivity contribution in [2.75, 3.05) is 18.4 Å². The maximum Gasteiger partial charge on any atom is 0.307 e. The average molecular weight is 436 g/mol. The van der Waals surface area contributed by atoms with E-state index in [-0.39, 0.29) is 12.5 Å². The quantitative estimate of drug-likeness (QED) is 0.485. The predicted molar refractivity (Wildman–Crippen MR) is 124 cm³/mol. The van der Waals surface area contributed by atoms with Crippen molar-refractivity contribution in [3.8, 4) is 0 Å². The van der Waals surface area contributed by atoms with E-state index in [4.69, 9.17) is 16.7 Å². The summed E-state index contributed by atoms with van der Waals surface area (Å²) in [5, 5.41) is 17.0. The first-order valence-corrected chi connectivity index (χ1v) is 10.9. The highest BCUT2D eigenvalue weighted by Crippen LogP contribution is 2.31. The van der Waals surface area contributed by atoms with Gasteiger partial charge in [-0.2, -0.15) is 0 Å². The number of anilines is 1. The van der Waals surface area contributed by atoms with Gasteiger partial charge in [0.1, 0.15) is 0 Å². The van der Waals surface area contributed by atoms with Gasteiger partial charge >= 0.3 is 5.97 Å². The van der Waals surface area contributed by atoms with Gasteiger partial charge in [0, 0.05) is 29.7 Å². The lowest BCUT2D eigenvalue weighted by atomic mass is 9.86. The number of nitrogens with one attached hydrogen (secondary N) is 2. The molecule has 2 heterocycles. The lowest BCUT2D eigenvalue weighted by molar-refractivity contribution is -0.136. The van der Waals surface area contributed by atoms with Gasteiger partial charge in [0.05, 0.1) is 17.8 Å². The summed E-state index contributed by atoms with van der Waals surface area (Å²) >= 11 is 6.38. The van der Waals surface area contributed by atoms with E-state index in [1.807, 2.05) is 24.4 Å². The Kier molecular flexibility index (Phi) is 6.85. The van der Waals surface area contributed by atoms with Crippen molar-refractivity contribution in [2.45, 2.75) is 25.3 Å². The fraction of sp³-hybridized carbons (Fsp3) is 0.280. The predicted octanol–water partition coefficient (Wildman–Crippen LogP) is 4.52. The summed E-state index contributed by atoms with van der Waals surface area (Å²) in [7, 11) is 0. The molecule has 1 aromatic heterocycles. The molecule has 0 spiro atoms. The first kappa shape index (κ1) is 21.3. The van der Waals surface area contributed by atoms with Crippen LogP contribution in [0, 0.1) is 5.92 Å². The van der Waals surface area contributed by atoms with Crippen LogP contribution in [0.4, 0.5) is 5.69 Å². The number of aliphatic carboxylic acids is 1. The van der Waals surface area contributed by atoms with Crippen LogP contribution >= 0.6 is 11.6 Å². The molecule has 1 aliphatic heterocycles. The summed E-state index contributed by atoms with van der Waals surface area (Å²) in [6.07, 6.45) is 3.49. The van der Waals surface area contributed by atoms with Crippen molar-refractivity contribution in [1.29, 1.82) is 0 Å². The van der Waals surface area contributed by atoms with Crippen molar-refractivity contribution in [1.82, 2.24) is 10.3 Å². The maximum absolute atomic E-state index is 11.0. The Morgan fingerprint density at radius 1 is 1.19 bits per heavy atom. The van der Waals surface area contributed by atoms with E-state index < -0.39 is 5.97 Å². The van der Waals surface area contributed by atoms with Crippen molar-refractivity contribution < 1.29 is 9.90 Å². The van der Waals surface area contributed by atoms with Crippen molar-refractivity contribution in [2.24, 2.45) is 5.92 Å². The van der Waals surface area contributed by atoms with Gasteiger partial charge in [0.2, 0.25) is 0 Å². The van der Waals surface area contributed by atoms with E-state index in [0.29, 0.717) is 10.9 Å². The molecule has 3 N–H and O–H groups in total. The minimum absolute atomic E-state index is 0.00436.